The summed E-state index contributed by atoms with van der Waals surface area (Å²) in [6.45, 7) is 3.16. The number of rotatable bonds is 5. The van der Waals surface area contributed by atoms with Gasteiger partial charge < -0.3 is 15.7 Å². The van der Waals surface area contributed by atoms with E-state index in [1.54, 1.807) is 31.4 Å². The molecule has 1 rings (SSSR count). The van der Waals surface area contributed by atoms with Crippen LogP contribution in [0, 0.1) is 0 Å². The molecule has 0 spiro atoms. The Morgan fingerprint density at radius 3 is 2.65 bits per heavy atom. The monoisotopic (exact) mass is 256 g/mol. The lowest BCUT2D eigenvalue weighted by atomic mass is 10.2. The highest BCUT2D eigenvalue weighted by Crippen LogP contribution is 2.08. The molecule has 1 heterocycles. The fourth-order valence-electron chi connectivity index (χ4n) is 1.15. The van der Waals surface area contributed by atoms with Crippen LogP contribution in [0.3, 0.4) is 0 Å². The van der Waals surface area contributed by atoms with E-state index in [1.165, 1.54) is 11.3 Å². The second kappa shape index (κ2) is 6.36. The average molecular weight is 256 g/mol. The summed E-state index contributed by atoms with van der Waals surface area (Å²) in [7, 11) is 0. The fraction of sp³-hybridized carbons (Fsp3) is 0.455. The predicted molar refractivity (Wildman–Crippen MR) is 65.9 cm³/mol. The van der Waals surface area contributed by atoms with Crippen LogP contribution in [0.4, 0.5) is 0 Å². The number of hydrogen-bond acceptors (Lipinski definition) is 4. The summed E-state index contributed by atoms with van der Waals surface area (Å²) in [6, 6.07) is 2.53. The smallest absolute Gasteiger partial charge is 0.261 e. The molecule has 6 heteroatoms. The number of carbonyl (C=O) groups is 2. The first-order valence-electron chi connectivity index (χ1n) is 5.30. The first kappa shape index (κ1) is 13.7. The molecule has 0 radical (unpaired) electrons. The van der Waals surface area contributed by atoms with E-state index in [0.717, 1.165) is 0 Å². The Morgan fingerprint density at radius 2 is 2.12 bits per heavy atom. The van der Waals surface area contributed by atoms with Crippen molar-refractivity contribution in [2.45, 2.75) is 25.9 Å². The van der Waals surface area contributed by atoms with Crippen LogP contribution in [0.2, 0.25) is 0 Å². The Kier molecular flexibility index (Phi) is 5.11. The van der Waals surface area contributed by atoms with Crippen molar-refractivity contribution < 1.29 is 14.7 Å². The van der Waals surface area contributed by atoms with E-state index in [-0.39, 0.29) is 24.5 Å². The SMILES string of the molecule is CC(CO)NC(=O)C(C)NC(=O)c1cccs1. The Hall–Kier alpha value is -1.40. The Bertz CT molecular complexity index is 378. The molecule has 0 aromatic carbocycles. The average Bonchev–Trinajstić information content (AvgIpc) is 2.82. The Balaban J connectivity index is 2.46. The highest BCUT2D eigenvalue weighted by molar-refractivity contribution is 7.12. The number of thiophene rings is 1. The van der Waals surface area contributed by atoms with Crippen LogP contribution in [-0.4, -0.2) is 35.6 Å². The van der Waals surface area contributed by atoms with Crippen molar-refractivity contribution >= 4 is 23.2 Å². The second-order valence-electron chi connectivity index (χ2n) is 3.76. The van der Waals surface area contributed by atoms with E-state index >= 15 is 0 Å². The Labute approximate surface area is 104 Å². The molecular weight excluding hydrogens is 240 g/mol. The van der Waals surface area contributed by atoms with Gasteiger partial charge in [-0.05, 0) is 25.3 Å². The minimum Gasteiger partial charge on any atom is -0.394 e. The molecule has 0 aliphatic carbocycles. The van der Waals surface area contributed by atoms with Crippen LogP contribution < -0.4 is 10.6 Å². The van der Waals surface area contributed by atoms with Crippen molar-refractivity contribution in [3.05, 3.63) is 22.4 Å². The minimum absolute atomic E-state index is 0.128. The number of nitrogens with one attached hydrogen (secondary N) is 2. The summed E-state index contributed by atoms with van der Waals surface area (Å²) in [5.74, 6) is -0.573. The molecule has 0 aliphatic heterocycles. The van der Waals surface area contributed by atoms with Crippen LogP contribution in [0.25, 0.3) is 0 Å². The molecule has 0 fully saturated rings. The molecule has 94 valence electrons. The van der Waals surface area contributed by atoms with Crippen molar-refractivity contribution in [3.63, 3.8) is 0 Å². The number of amides is 2. The van der Waals surface area contributed by atoms with Crippen molar-refractivity contribution in [3.8, 4) is 0 Å². The second-order valence-corrected chi connectivity index (χ2v) is 4.71. The predicted octanol–water partition coefficient (Wildman–Crippen LogP) is 0.363. The lowest BCUT2D eigenvalue weighted by Gasteiger charge is -2.16. The zero-order chi connectivity index (χ0) is 12.8. The van der Waals surface area contributed by atoms with Crippen LogP contribution >= 0.6 is 11.3 Å². The van der Waals surface area contributed by atoms with Gasteiger partial charge in [0.05, 0.1) is 11.5 Å². The van der Waals surface area contributed by atoms with Gasteiger partial charge in [0.15, 0.2) is 0 Å². The summed E-state index contributed by atoms with van der Waals surface area (Å²) < 4.78 is 0. The summed E-state index contributed by atoms with van der Waals surface area (Å²) in [5.41, 5.74) is 0. The molecule has 5 nitrogen and oxygen atoms in total. The van der Waals surface area contributed by atoms with Crippen LogP contribution in [0.15, 0.2) is 17.5 Å². The summed E-state index contributed by atoms with van der Waals surface area (Å²) >= 11 is 1.32. The largest absolute Gasteiger partial charge is 0.394 e. The number of aliphatic hydroxyl groups is 1. The molecule has 2 atom stereocenters. The summed E-state index contributed by atoms with van der Waals surface area (Å²) in [6.07, 6.45) is 0. The van der Waals surface area contributed by atoms with Crippen molar-refractivity contribution in [2.75, 3.05) is 6.61 Å². The highest BCUT2D eigenvalue weighted by Gasteiger charge is 2.18. The quantitative estimate of drug-likeness (QED) is 0.712. The minimum atomic E-state index is -0.626. The molecular formula is C11H16N2O3S. The standard InChI is InChI=1S/C11H16N2O3S/c1-7(6-14)12-10(15)8(2)13-11(16)9-4-3-5-17-9/h3-5,7-8,14H,6H2,1-2H3,(H,12,15)(H,13,16). The van der Waals surface area contributed by atoms with Gasteiger partial charge in [0.2, 0.25) is 5.91 Å². The van der Waals surface area contributed by atoms with E-state index < -0.39 is 6.04 Å². The molecule has 3 N–H and O–H groups in total. The van der Waals surface area contributed by atoms with E-state index in [2.05, 4.69) is 10.6 Å². The fourth-order valence-corrected chi connectivity index (χ4v) is 1.78. The highest BCUT2D eigenvalue weighted by atomic mass is 32.1. The van der Waals surface area contributed by atoms with Crippen LogP contribution in [0.5, 0.6) is 0 Å². The molecule has 2 amide bonds. The maximum absolute atomic E-state index is 11.6. The Morgan fingerprint density at radius 1 is 1.41 bits per heavy atom. The van der Waals surface area contributed by atoms with Crippen LogP contribution in [-0.2, 0) is 4.79 Å². The zero-order valence-electron chi connectivity index (χ0n) is 9.77. The maximum atomic E-state index is 11.6. The molecule has 2 unspecified atom stereocenters. The molecule has 0 aliphatic rings. The normalized spacial score (nSPS) is 13.8. The third-order valence-corrected chi connectivity index (χ3v) is 3.02. The molecule has 0 saturated heterocycles. The van der Waals surface area contributed by atoms with E-state index in [0.29, 0.717) is 4.88 Å². The van der Waals surface area contributed by atoms with Crippen molar-refractivity contribution in [2.24, 2.45) is 0 Å². The molecule has 0 saturated carbocycles. The molecule has 1 aromatic rings. The van der Waals surface area contributed by atoms with Crippen molar-refractivity contribution in [1.82, 2.24) is 10.6 Å². The molecule has 1 aromatic heterocycles. The summed E-state index contributed by atoms with van der Waals surface area (Å²) in [4.78, 5) is 23.8. The van der Waals surface area contributed by atoms with Crippen molar-refractivity contribution in [1.29, 1.82) is 0 Å². The van der Waals surface area contributed by atoms with Gasteiger partial charge in [-0.3, -0.25) is 9.59 Å². The number of aliphatic hydroxyl groups excluding tert-OH is 1. The molecule has 0 bridgehead atoms. The molecule has 17 heavy (non-hydrogen) atoms. The van der Waals surface area contributed by atoms with Gasteiger partial charge >= 0.3 is 0 Å². The van der Waals surface area contributed by atoms with E-state index in [4.69, 9.17) is 5.11 Å². The van der Waals surface area contributed by atoms with Gasteiger partial charge in [0.25, 0.3) is 5.91 Å². The first-order valence-corrected chi connectivity index (χ1v) is 6.18. The van der Waals surface area contributed by atoms with Gasteiger partial charge in [-0.25, -0.2) is 0 Å². The topological polar surface area (TPSA) is 78.4 Å². The van der Waals surface area contributed by atoms with E-state index in [9.17, 15) is 9.59 Å². The van der Waals surface area contributed by atoms with Gasteiger partial charge in [-0.15, -0.1) is 11.3 Å². The number of carbonyl (C=O) groups excluding carboxylic acids is 2. The van der Waals surface area contributed by atoms with Gasteiger partial charge in [0.1, 0.15) is 6.04 Å². The lowest BCUT2D eigenvalue weighted by Crippen LogP contribution is -2.48. The number of hydrogen-bond donors (Lipinski definition) is 3. The van der Waals surface area contributed by atoms with Gasteiger partial charge in [-0.2, -0.15) is 0 Å². The zero-order valence-corrected chi connectivity index (χ0v) is 10.6. The van der Waals surface area contributed by atoms with E-state index in [1.807, 2.05) is 0 Å². The van der Waals surface area contributed by atoms with Crippen LogP contribution in [0.1, 0.15) is 23.5 Å². The lowest BCUT2D eigenvalue weighted by molar-refractivity contribution is -0.123. The van der Waals surface area contributed by atoms with Gasteiger partial charge in [-0.1, -0.05) is 6.07 Å². The maximum Gasteiger partial charge on any atom is 0.261 e. The third kappa shape index (κ3) is 4.16. The first-order chi connectivity index (χ1) is 8.04. The third-order valence-electron chi connectivity index (χ3n) is 2.15. The summed E-state index contributed by atoms with van der Waals surface area (Å²) in [5, 5.41) is 15.8. The van der Waals surface area contributed by atoms with Gasteiger partial charge in [0, 0.05) is 6.04 Å².